The number of nitrogens with zero attached hydrogens (tertiary/aromatic N) is 1. The zero-order valence-electron chi connectivity index (χ0n) is 12.4. The quantitative estimate of drug-likeness (QED) is 0.720. The van der Waals surface area contributed by atoms with Crippen molar-refractivity contribution in [2.45, 2.75) is 52.2 Å². The molecule has 4 nitrogen and oxygen atoms in total. The van der Waals surface area contributed by atoms with Crippen LogP contribution in [0.4, 0.5) is 5.82 Å². The van der Waals surface area contributed by atoms with Crippen molar-refractivity contribution in [2.24, 2.45) is 0 Å². The maximum absolute atomic E-state index is 5.89. The number of pyridine rings is 1. The molecule has 3 N–H and O–H groups in total. The van der Waals surface area contributed by atoms with E-state index in [1.165, 1.54) is 5.56 Å². The van der Waals surface area contributed by atoms with Crippen LogP contribution in [0.25, 0.3) is 0 Å². The molecule has 0 aliphatic carbocycles. The molecule has 0 aliphatic heterocycles. The maximum Gasteiger partial charge on any atom is 0.123 e. The van der Waals surface area contributed by atoms with Crippen molar-refractivity contribution in [2.75, 3.05) is 18.9 Å². The summed E-state index contributed by atoms with van der Waals surface area (Å²) in [4.78, 5) is 4.04. The third kappa shape index (κ3) is 5.57. The summed E-state index contributed by atoms with van der Waals surface area (Å²) in [7, 11) is 0. The molecule has 0 aromatic carbocycles. The molecular formula is C15H27N3O. The SMILES string of the molecule is CCCC(OCC)C(Cc1ccnc(N)c1)NCC. The van der Waals surface area contributed by atoms with Crippen LogP contribution in [-0.4, -0.2) is 30.3 Å². The zero-order chi connectivity index (χ0) is 14.1. The summed E-state index contributed by atoms with van der Waals surface area (Å²) in [6, 6.07) is 4.29. The number of anilines is 1. The Labute approximate surface area is 116 Å². The lowest BCUT2D eigenvalue weighted by Gasteiger charge is -2.27. The van der Waals surface area contributed by atoms with Crippen LogP contribution in [0.1, 0.15) is 39.2 Å². The number of nitrogen functional groups attached to an aromatic ring is 1. The zero-order valence-corrected chi connectivity index (χ0v) is 12.4. The van der Waals surface area contributed by atoms with Gasteiger partial charge in [-0.05, 0) is 44.0 Å². The molecule has 0 radical (unpaired) electrons. The van der Waals surface area contributed by atoms with Gasteiger partial charge in [0.2, 0.25) is 0 Å². The van der Waals surface area contributed by atoms with Gasteiger partial charge in [0.15, 0.2) is 0 Å². The minimum atomic E-state index is 0.254. The van der Waals surface area contributed by atoms with Gasteiger partial charge in [-0.25, -0.2) is 4.98 Å². The van der Waals surface area contributed by atoms with Gasteiger partial charge in [0.25, 0.3) is 0 Å². The Bertz CT molecular complexity index is 351. The molecular weight excluding hydrogens is 238 g/mol. The van der Waals surface area contributed by atoms with Crippen LogP contribution in [0.2, 0.25) is 0 Å². The van der Waals surface area contributed by atoms with E-state index in [1.807, 2.05) is 12.1 Å². The molecule has 2 unspecified atom stereocenters. The monoisotopic (exact) mass is 265 g/mol. The molecule has 1 aromatic rings. The van der Waals surface area contributed by atoms with Crippen molar-refractivity contribution in [3.63, 3.8) is 0 Å². The summed E-state index contributed by atoms with van der Waals surface area (Å²) in [5.74, 6) is 0.580. The Hall–Kier alpha value is -1.13. The van der Waals surface area contributed by atoms with Gasteiger partial charge < -0.3 is 15.8 Å². The van der Waals surface area contributed by atoms with Crippen molar-refractivity contribution in [3.8, 4) is 0 Å². The summed E-state index contributed by atoms with van der Waals surface area (Å²) in [6.45, 7) is 8.07. The smallest absolute Gasteiger partial charge is 0.123 e. The van der Waals surface area contributed by atoms with Gasteiger partial charge >= 0.3 is 0 Å². The first-order valence-electron chi connectivity index (χ1n) is 7.26. The van der Waals surface area contributed by atoms with Crippen LogP contribution in [0.3, 0.4) is 0 Å². The Kier molecular flexibility index (Phi) is 7.45. The van der Waals surface area contributed by atoms with E-state index in [9.17, 15) is 0 Å². The van der Waals surface area contributed by atoms with Crippen LogP contribution >= 0.6 is 0 Å². The second kappa shape index (κ2) is 8.88. The average molecular weight is 265 g/mol. The third-order valence-corrected chi connectivity index (χ3v) is 3.17. The Morgan fingerprint density at radius 1 is 1.37 bits per heavy atom. The molecule has 0 saturated heterocycles. The number of hydrogen-bond acceptors (Lipinski definition) is 4. The molecule has 4 heteroatoms. The fourth-order valence-electron chi connectivity index (χ4n) is 2.37. The minimum absolute atomic E-state index is 0.254. The van der Waals surface area contributed by atoms with Crippen LogP contribution in [0.5, 0.6) is 0 Å². The van der Waals surface area contributed by atoms with E-state index in [0.717, 1.165) is 32.4 Å². The fourth-order valence-corrected chi connectivity index (χ4v) is 2.37. The van der Waals surface area contributed by atoms with Crippen molar-refractivity contribution < 1.29 is 4.74 Å². The van der Waals surface area contributed by atoms with Gasteiger partial charge in [-0.2, -0.15) is 0 Å². The number of rotatable bonds is 9. The highest BCUT2D eigenvalue weighted by atomic mass is 16.5. The van der Waals surface area contributed by atoms with Crippen molar-refractivity contribution in [1.29, 1.82) is 0 Å². The van der Waals surface area contributed by atoms with E-state index < -0.39 is 0 Å². The largest absolute Gasteiger partial charge is 0.384 e. The first kappa shape index (κ1) is 15.9. The van der Waals surface area contributed by atoms with Crippen LogP contribution in [0.15, 0.2) is 18.3 Å². The molecule has 0 aliphatic rings. The van der Waals surface area contributed by atoms with Gasteiger partial charge in [0.1, 0.15) is 5.82 Å². The highest BCUT2D eigenvalue weighted by Crippen LogP contribution is 2.14. The lowest BCUT2D eigenvalue weighted by atomic mass is 9.98. The van der Waals surface area contributed by atoms with E-state index in [-0.39, 0.29) is 6.10 Å². The molecule has 1 heterocycles. The van der Waals surface area contributed by atoms with Crippen molar-refractivity contribution >= 4 is 5.82 Å². The second-order valence-electron chi connectivity index (χ2n) is 4.74. The van der Waals surface area contributed by atoms with E-state index >= 15 is 0 Å². The molecule has 108 valence electrons. The predicted octanol–water partition coefficient (Wildman–Crippen LogP) is 2.39. The normalized spacial score (nSPS) is 14.3. The summed E-state index contributed by atoms with van der Waals surface area (Å²) in [5.41, 5.74) is 6.95. The minimum Gasteiger partial charge on any atom is -0.384 e. The average Bonchev–Trinajstić information content (AvgIpc) is 2.38. The van der Waals surface area contributed by atoms with Crippen LogP contribution in [-0.2, 0) is 11.2 Å². The molecule has 0 spiro atoms. The molecule has 1 rings (SSSR count). The molecule has 0 amide bonds. The van der Waals surface area contributed by atoms with E-state index in [4.69, 9.17) is 10.5 Å². The second-order valence-corrected chi connectivity index (χ2v) is 4.74. The van der Waals surface area contributed by atoms with Gasteiger partial charge in [-0.15, -0.1) is 0 Å². The van der Waals surface area contributed by atoms with Crippen LogP contribution in [0, 0.1) is 0 Å². The Balaban J connectivity index is 2.74. The number of nitrogens with two attached hydrogens (primary N) is 1. The highest BCUT2D eigenvalue weighted by molar-refractivity contribution is 5.32. The van der Waals surface area contributed by atoms with E-state index in [0.29, 0.717) is 11.9 Å². The molecule has 0 saturated carbocycles. The summed E-state index contributed by atoms with van der Waals surface area (Å²) in [5, 5.41) is 3.53. The van der Waals surface area contributed by atoms with E-state index in [2.05, 4.69) is 31.1 Å². The first-order valence-corrected chi connectivity index (χ1v) is 7.26. The standard InChI is InChI=1S/C15H27N3O/c1-4-7-14(19-6-3)13(17-5-2)10-12-8-9-18-15(16)11-12/h8-9,11,13-14,17H,4-7,10H2,1-3H3,(H2,16,18). The Morgan fingerprint density at radius 2 is 2.16 bits per heavy atom. The molecule has 2 atom stereocenters. The van der Waals surface area contributed by atoms with Gasteiger partial charge in [-0.3, -0.25) is 0 Å². The van der Waals surface area contributed by atoms with Gasteiger partial charge in [0, 0.05) is 18.8 Å². The predicted molar refractivity (Wildman–Crippen MR) is 80.1 cm³/mol. The third-order valence-electron chi connectivity index (χ3n) is 3.17. The number of nitrogens with one attached hydrogen (secondary N) is 1. The van der Waals surface area contributed by atoms with Crippen LogP contribution < -0.4 is 11.1 Å². The van der Waals surface area contributed by atoms with Crippen molar-refractivity contribution in [3.05, 3.63) is 23.9 Å². The molecule has 0 fully saturated rings. The topological polar surface area (TPSA) is 60.2 Å². The Morgan fingerprint density at radius 3 is 2.74 bits per heavy atom. The van der Waals surface area contributed by atoms with E-state index in [1.54, 1.807) is 6.20 Å². The number of hydrogen-bond donors (Lipinski definition) is 2. The molecule has 0 bridgehead atoms. The molecule has 19 heavy (non-hydrogen) atoms. The van der Waals surface area contributed by atoms with Gasteiger partial charge in [0.05, 0.1) is 6.10 Å². The maximum atomic E-state index is 5.89. The number of aromatic nitrogens is 1. The lowest BCUT2D eigenvalue weighted by molar-refractivity contribution is 0.0285. The highest BCUT2D eigenvalue weighted by Gasteiger charge is 2.20. The number of likely N-dealkylation sites (N-methyl/N-ethyl adjacent to an activating group) is 1. The molecule has 1 aromatic heterocycles. The summed E-state index contributed by atoms with van der Waals surface area (Å²) in [6.07, 6.45) is 5.15. The summed E-state index contributed by atoms with van der Waals surface area (Å²) >= 11 is 0. The van der Waals surface area contributed by atoms with Gasteiger partial charge in [-0.1, -0.05) is 20.3 Å². The lowest BCUT2D eigenvalue weighted by Crippen LogP contribution is -2.43. The fraction of sp³-hybridized carbons (Fsp3) is 0.667. The number of ether oxygens (including phenoxy) is 1. The summed E-state index contributed by atoms with van der Waals surface area (Å²) < 4.78 is 5.89. The first-order chi connectivity index (χ1) is 9.21. The van der Waals surface area contributed by atoms with Crippen molar-refractivity contribution in [1.82, 2.24) is 10.3 Å².